The highest BCUT2D eigenvalue weighted by molar-refractivity contribution is 5.75. The molecule has 1 saturated carbocycles. The third-order valence-corrected chi connectivity index (χ3v) is 2.01. The summed E-state index contributed by atoms with van der Waals surface area (Å²) in [6, 6.07) is -1.21. The molecule has 9 heteroatoms. The number of rotatable bonds is 4. The van der Waals surface area contributed by atoms with Crippen LogP contribution in [0.3, 0.4) is 0 Å². The SMILES string of the molecule is O=C(O)CONC(=O)NC1(C(F)(F)F)CC1. The van der Waals surface area contributed by atoms with Crippen LogP contribution in [0.25, 0.3) is 0 Å². The van der Waals surface area contributed by atoms with Crippen LogP contribution >= 0.6 is 0 Å². The molecule has 0 heterocycles. The van der Waals surface area contributed by atoms with E-state index < -0.39 is 30.3 Å². The molecule has 1 rings (SSSR count). The minimum atomic E-state index is -4.52. The smallest absolute Gasteiger partial charge is 0.411 e. The lowest BCUT2D eigenvalue weighted by Crippen LogP contribution is -2.51. The molecule has 0 aromatic heterocycles. The van der Waals surface area contributed by atoms with Gasteiger partial charge in [-0.25, -0.2) is 15.1 Å². The summed E-state index contributed by atoms with van der Waals surface area (Å²) in [6.07, 6.45) is -4.90. The fraction of sp³-hybridized carbons (Fsp3) is 0.714. The second kappa shape index (κ2) is 4.16. The van der Waals surface area contributed by atoms with Gasteiger partial charge in [0.15, 0.2) is 6.61 Å². The molecular weight excluding hydrogens is 233 g/mol. The molecule has 0 spiro atoms. The van der Waals surface area contributed by atoms with Crippen LogP contribution in [0.1, 0.15) is 12.8 Å². The van der Waals surface area contributed by atoms with Gasteiger partial charge >= 0.3 is 18.2 Å². The van der Waals surface area contributed by atoms with Crippen LogP contribution < -0.4 is 10.8 Å². The maximum Gasteiger partial charge on any atom is 0.411 e. The maximum atomic E-state index is 12.3. The van der Waals surface area contributed by atoms with E-state index in [4.69, 9.17) is 5.11 Å². The first-order valence-corrected chi connectivity index (χ1v) is 4.25. The zero-order valence-electron chi connectivity index (χ0n) is 7.93. The van der Waals surface area contributed by atoms with Crippen molar-refractivity contribution in [2.75, 3.05) is 6.61 Å². The number of carbonyl (C=O) groups excluding carboxylic acids is 1. The number of urea groups is 1. The van der Waals surface area contributed by atoms with Crippen molar-refractivity contribution in [3.63, 3.8) is 0 Å². The Morgan fingerprint density at radius 2 is 1.94 bits per heavy atom. The summed E-state index contributed by atoms with van der Waals surface area (Å²) in [7, 11) is 0. The van der Waals surface area contributed by atoms with Gasteiger partial charge in [0, 0.05) is 0 Å². The number of carbonyl (C=O) groups is 2. The van der Waals surface area contributed by atoms with Gasteiger partial charge < -0.3 is 10.4 Å². The molecule has 0 aromatic rings. The monoisotopic (exact) mass is 242 g/mol. The van der Waals surface area contributed by atoms with Crippen LogP contribution in [0.5, 0.6) is 0 Å². The van der Waals surface area contributed by atoms with Gasteiger partial charge in [-0.2, -0.15) is 13.2 Å². The first-order valence-electron chi connectivity index (χ1n) is 4.25. The standard InChI is InChI=1S/C7H9F3N2O4/c8-7(9,10)6(1-2-6)11-5(15)12-16-3-4(13)14/h1-3H2,(H,13,14)(H2,11,12,15). The fourth-order valence-electron chi connectivity index (χ4n) is 1.01. The molecule has 92 valence electrons. The molecule has 0 saturated heterocycles. The van der Waals surface area contributed by atoms with Crippen LogP contribution in [0.15, 0.2) is 0 Å². The molecule has 6 nitrogen and oxygen atoms in total. The van der Waals surface area contributed by atoms with Crippen molar-refractivity contribution >= 4 is 12.0 Å². The number of amides is 2. The fourth-order valence-corrected chi connectivity index (χ4v) is 1.01. The zero-order valence-corrected chi connectivity index (χ0v) is 7.93. The number of carboxylic acids is 1. The van der Waals surface area contributed by atoms with Crippen molar-refractivity contribution in [1.29, 1.82) is 0 Å². The Morgan fingerprint density at radius 1 is 1.38 bits per heavy atom. The average molecular weight is 242 g/mol. The molecule has 0 unspecified atom stereocenters. The Labute approximate surface area is 87.7 Å². The first-order chi connectivity index (χ1) is 7.27. The summed E-state index contributed by atoms with van der Waals surface area (Å²) < 4.78 is 37.0. The molecule has 1 aliphatic carbocycles. The molecule has 2 amide bonds. The van der Waals surface area contributed by atoms with E-state index in [0.29, 0.717) is 0 Å². The highest BCUT2D eigenvalue weighted by Crippen LogP contribution is 2.48. The summed E-state index contributed by atoms with van der Waals surface area (Å²) in [6.45, 7) is -0.827. The van der Waals surface area contributed by atoms with Crippen LogP contribution in [0.2, 0.25) is 0 Å². The van der Waals surface area contributed by atoms with Gasteiger partial charge in [-0.05, 0) is 12.8 Å². The second-order valence-corrected chi connectivity index (χ2v) is 3.32. The molecule has 1 aliphatic rings. The third-order valence-electron chi connectivity index (χ3n) is 2.01. The summed E-state index contributed by atoms with van der Waals surface area (Å²) in [5, 5.41) is 9.81. The van der Waals surface area contributed by atoms with Crippen molar-refractivity contribution in [2.24, 2.45) is 0 Å². The van der Waals surface area contributed by atoms with Gasteiger partial charge in [0.05, 0.1) is 0 Å². The van der Waals surface area contributed by atoms with Crippen LogP contribution in [-0.2, 0) is 9.63 Å². The Balaban J connectivity index is 2.32. The van der Waals surface area contributed by atoms with E-state index in [-0.39, 0.29) is 12.8 Å². The summed E-state index contributed by atoms with van der Waals surface area (Å²) >= 11 is 0. The van der Waals surface area contributed by atoms with Gasteiger partial charge in [0.1, 0.15) is 5.54 Å². The average Bonchev–Trinajstić information content (AvgIpc) is 2.83. The van der Waals surface area contributed by atoms with Crippen molar-refractivity contribution < 1.29 is 32.7 Å². The van der Waals surface area contributed by atoms with E-state index >= 15 is 0 Å². The van der Waals surface area contributed by atoms with Crippen LogP contribution in [0.4, 0.5) is 18.0 Å². The van der Waals surface area contributed by atoms with E-state index in [1.807, 2.05) is 0 Å². The lowest BCUT2D eigenvalue weighted by Gasteiger charge is -2.20. The zero-order chi connectivity index (χ0) is 12.4. The first kappa shape index (κ1) is 12.6. The van der Waals surface area contributed by atoms with Gasteiger partial charge in [-0.15, -0.1) is 0 Å². The van der Waals surface area contributed by atoms with Gasteiger partial charge in [0.2, 0.25) is 0 Å². The molecular formula is C7H9F3N2O4. The topological polar surface area (TPSA) is 87.7 Å². The van der Waals surface area contributed by atoms with Gasteiger partial charge in [-0.3, -0.25) is 4.84 Å². The van der Waals surface area contributed by atoms with Crippen LogP contribution in [0, 0.1) is 0 Å². The lowest BCUT2D eigenvalue weighted by atomic mass is 10.3. The number of halogens is 3. The van der Waals surface area contributed by atoms with Gasteiger partial charge in [-0.1, -0.05) is 0 Å². The van der Waals surface area contributed by atoms with E-state index in [9.17, 15) is 22.8 Å². The van der Waals surface area contributed by atoms with Crippen molar-refractivity contribution in [3.8, 4) is 0 Å². The summed E-state index contributed by atoms with van der Waals surface area (Å²) in [4.78, 5) is 25.0. The molecule has 1 fully saturated rings. The minimum absolute atomic E-state index is 0.192. The maximum absolute atomic E-state index is 12.3. The quantitative estimate of drug-likeness (QED) is 0.622. The third kappa shape index (κ3) is 2.99. The number of hydrogen-bond acceptors (Lipinski definition) is 3. The number of aliphatic carboxylic acids is 1. The molecule has 16 heavy (non-hydrogen) atoms. The highest BCUT2D eigenvalue weighted by Gasteiger charge is 2.64. The summed E-state index contributed by atoms with van der Waals surface area (Å²) in [5.74, 6) is -1.35. The minimum Gasteiger partial charge on any atom is -0.479 e. The Morgan fingerprint density at radius 3 is 2.31 bits per heavy atom. The van der Waals surface area contributed by atoms with Crippen molar-refractivity contribution in [1.82, 2.24) is 10.8 Å². The molecule has 0 atom stereocenters. The number of alkyl halides is 3. The van der Waals surface area contributed by atoms with E-state index in [2.05, 4.69) is 4.84 Å². The molecule has 0 aliphatic heterocycles. The Bertz CT molecular complexity index is 300. The lowest BCUT2D eigenvalue weighted by molar-refractivity contribution is -0.163. The molecule has 3 N–H and O–H groups in total. The van der Waals surface area contributed by atoms with Crippen LogP contribution in [-0.4, -0.2) is 35.4 Å². The Hall–Kier alpha value is -1.51. The molecule has 0 aromatic carbocycles. The van der Waals surface area contributed by atoms with E-state index in [0.717, 1.165) is 0 Å². The van der Waals surface area contributed by atoms with Crippen molar-refractivity contribution in [3.05, 3.63) is 0 Å². The van der Waals surface area contributed by atoms with E-state index in [1.54, 1.807) is 10.8 Å². The predicted octanol–water partition coefficient (Wildman–Crippen LogP) is 0.397. The summed E-state index contributed by atoms with van der Waals surface area (Å²) in [5.41, 5.74) is -0.639. The number of carboxylic acid groups (broad SMARTS) is 1. The Kier molecular flexibility index (Phi) is 3.27. The number of nitrogens with one attached hydrogen (secondary N) is 2. The van der Waals surface area contributed by atoms with E-state index in [1.165, 1.54) is 0 Å². The predicted molar refractivity (Wildman–Crippen MR) is 43.3 cm³/mol. The largest absolute Gasteiger partial charge is 0.479 e. The highest BCUT2D eigenvalue weighted by atomic mass is 19.4. The molecule has 0 bridgehead atoms. The van der Waals surface area contributed by atoms with Crippen molar-refractivity contribution in [2.45, 2.75) is 24.6 Å². The second-order valence-electron chi connectivity index (χ2n) is 3.32. The normalized spacial score (nSPS) is 17.7. The number of hydroxylamine groups is 1. The molecule has 0 radical (unpaired) electrons. The van der Waals surface area contributed by atoms with Gasteiger partial charge in [0.25, 0.3) is 0 Å². The number of hydrogen-bond donors (Lipinski definition) is 3.